The second-order valence-corrected chi connectivity index (χ2v) is 15.8. The first-order valence-electron chi connectivity index (χ1n) is 12.2. The fourth-order valence-electron chi connectivity index (χ4n) is 5.83. The van der Waals surface area contributed by atoms with E-state index in [0.717, 1.165) is 13.0 Å². The van der Waals surface area contributed by atoms with Gasteiger partial charge in [-0.3, -0.25) is 4.79 Å². The molecule has 2 heterocycles. The molecule has 2 fully saturated rings. The number of nitrogens with zero attached hydrogens (tertiary/aromatic N) is 1. The van der Waals surface area contributed by atoms with E-state index in [9.17, 15) is 4.79 Å². The van der Waals surface area contributed by atoms with Crippen molar-refractivity contribution in [1.82, 2.24) is 4.90 Å². The minimum Gasteiger partial charge on any atom is -0.404 e. The lowest BCUT2D eigenvalue weighted by atomic mass is 9.82. The van der Waals surface area contributed by atoms with Crippen LogP contribution >= 0.6 is 0 Å². The highest BCUT2D eigenvalue weighted by Gasteiger charge is 2.60. The molecule has 4 rings (SSSR count). The standard InChI is InChI=1S/C28H39NO3Si/c1-20(24-25-23(31-27(2,3)4)18-19-29(25)26(24)30)32-33(28(5,6)7,21-14-10-8-11-15-21)22-16-12-9-13-17-22/h8-17,20,23-25H,18-19H2,1-7H3/t20-,23-,24+,25-/m0/s1. The van der Waals surface area contributed by atoms with Gasteiger partial charge in [0.05, 0.1) is 29.8 Å². The lowest BCUT2D eigenvalue weighted by Crippen LogP contribution is -2.71. The maximum Gasteiger partial charge on any atom is 0.261 e. The Morgan fingerprint density at radius 3 is 1.88 bits per heavy atom. The summed E-state index contributed by atoms with van der Waals surface area (Å²) in [5.74, 6) is 0.0481. The van der Waals surface area contributed by atoms with Crippen molar-refractivity contribution in [3.05, 3.63) is 60.7 Å². The molecule has 0 N–H and O–H groups in total. The quantitative estimate of drug-likeness (QED) is 0.470. The number of amides is 1. The molecule has 0 spiro atoms. The number of ether oxygens (including phenoxy) is 1. The molecule has 2 aromatic rings. The minimum atomic E-state index is -2.71. The second kappa shape index (κ2) is 8.68. The zero-order chi connectivity index (χ0) is 24.0. The van der Waals surface area contributed by atoms with Gasteiger partial charge in [-0.25, -0.2) is 0 Å². The van der Waals surface area contributed by atoms with Crippen LogP contribution in [-0.4, -0.2) is 49.5 Å². The van der Waals surface area contributed by atoms with Gasteiger partial charge in [0.1, 0.15) is 0 Å². The van der Waals surface area contributed by atoms with Crippen molar-refractivity contribution >= 4 is 24.6 Å². The molecular weight excluding hydrogens is 426 g/mol. The zero-order valence-electron chi connectivity index (χ0n) is 21.2. The first kappa shape index (κ1) is 24.2. The molecule has 4 atom stereocenters. The molecule has 0 radical (unpaired) electrons. The maximum absolute atomic E-state index is 13.2. The summed E-state index contributed by atoms with van der Waals surface area (Å²) in [6.07, 6.45) is 0.767. The van der Waals surface area contributed by atoms with Crippen molar-refractivity contribution in [2.24, 2.45) is 5.92 Å². The Morgan fingerprint density at radius 1 is 0.909 bits per heavy atom. The fraction of sp³-hybridized carbons (Fsp3) is 0.536. The van der Waals surface area contributed by atoms with Crippen LogP contribution in [-0.2, 0) is 14.0 Å². The lowest BCUT2D eigenvalue weighted by Gasteiger charge is -2.51. The monoisotopic (exact) mass is 465 g/mol. The van der Waals surface area contributed by atoms with E-state index in [1.165, 1.54) is 10.4 Å². The summed E-state index contributed by atoms with van der Waals surface area (Å²) in [4.78, 5) is 15.2. The third-order valence-corrected chi connectivity index (χ3v) is 12.3. The van der Waals surface area contributed by atoms with Gasteiger partial charge < -0.3 is 14.1 Å². The summed E-state index contributed by atoms with van der Waals surface area (Å²) < 4.78 is 13.7. The highest BCUT2D eigenvalue weighted by molar-refractivity contribution is 6.99. The molecule has 0 bridgehead atoms. The van der Waals surface area contributed by atoms with Crippen molar-refractivity contribution in [2.45, 2.75) is 83.8 Å². The molecule has 0 aliphatic carbocycles. The molecule has 0 aromatic heterocycles. The van der Waals surface area contributed by atoms with E-state index < -0.39 is 8.32 Å². The van der Waals surface area contributed by atoms with E-state index in [2.05, 4.69) is 109 Å². The van der Waals surface area contributed by atoms with Crippen LogP contribution in [0.3, 0.4) is 0 Å². The Bertz CT molecular complexity index is 925. The number of hydrogen-bond donors (Lipinski definition) is 0. The van der Waals surface area contributed by atoms with Crippen LogP contribution in [0.1, 0.15) is 54.9 Å². The fourth-order valence-corrected chi connectivity index (χ4v) is 10.5. The van der Waals surface area contributed by atoms with Gasteiger partial charge >= 0.3 is 0 Å². The SMILES string of the molecule is C[C@H](O[Si](c1ccccc1)(c1ccccc1)C(C)(C)C)[C@H]1C(=O)N2CC[C@H](OC(C)(C)C)[C@@H]12. The van der Waals surface area contributed by atoms with Gasteiger partial charge in [0, 0.05) is 6.54 Å². The molecule has 2 saturated heterocycles. The number of β-lactam (4-membered cyclic amide) rings is 1. The van der Waals surface area contributed by atoms with E-state index in [1.54, 1.807) is 0 Å². The predicted octanol–water partition coefficient (Wildman–Crippen LogP) is 4.37. The summed E-state index contributed by atoms with van der Waals surface area (Å²) in [5, 5.41) is 2.37. The van der Waals surface area contributed by atoms with Crippen LogP contribution in [0.2, 0.25) is 5.04 Å². The number of carbonyl (C=O) groups excluding carboxylic acids is 1. The molecule has 4 nitrogen and oxygen atoms in total. The first-order valence-corrected chi connectivity index (χ1v) is 14.1. The average molecular weight is 466 g/mol. The van der Waals surface area contributed by atoms with Crippen molar-refractivity contribution < 1.29 is 14.0 Å². The highest BCUT2D eigenvalue weighted by Crippen LogP contribution is 2.44. The van der Waals surface area contributed by atoms with Crippen LogP contribution in [0, 0.1) is 5.92 Å². The smallest absolute Gasteiger partial charge is 0.261 e. The molecule has 5 heteroatoms. The van der Waals surface area contributed by atoms with Crippen molar-refractivity contribution in [2.75, 3.05) is 6.54 Å². The molecule has 1 amide bonds. The van der Waals surface area contributed by atoms with Gasteiger partial charge in [-0.1, -0.05) is 81.4 Å². The van der Waals surface area contributed by atoms with Crippen LogP contribution in [0.25, 0.3) is 0 Å². The minimum absolute atomic E-state index is 0.0675. The predicted molar refractivity (Wildman–Crippen MR) is 136 cm³/mol. The number of fused-ring (bicyclic) bond motifs is 1. The van der Waals surface area contributed by atoms with E-state index in [1.807, 2.05) is 4.90 Å². The molecule has 0 saturated carbocycles. The summed E-state index contributed by atoms with van der Waals surface area (Å²) in [6.45, 7) is 16.0. The molecule has 0 unspecified atom stereocenters. The Kier molecular flexibility index (Phi) is 6.36. The van der Waals surface area contributed by atoms with Crippen LogP contribution < -0.4 is 10.4 Å². The average Bonchev–Trinajstić information content (AvgIpc) is 3.08. The van der Waals surface area contributed by atoms with E-state index >= 15 is 0 Å². The van der Waals surface area contributed by atoms with Gasteiger partial charge in [0.2, 0.25) is 5.91 Å². The normalized spacial score (nSPS) is 24.4. The molecule has 178 valence electrons. The number of benzene rings is 2. The van der Waals surface area contributed by atoms with Crippen LogP contribution in [0.5, 0.6) is 0 Å². The van der Waals surface area contributed by atoms with Crippen molar-refractivity contribution in [3.63, 3.8) is 0 Å². The van der Waals surface area contributed by atoms with Gasteiger partial charge in [-0.2, -0.15) is 0 Å². The summed E-state index contributed by atoms with van der Waals surface area (Å²) >= 11 is 0. The Hall–Kier alpha value is -1.95. The van der Waals surface area contributed by atoms with E-state index in [4.69, 9.17) is 9.16 Å². The van der Waals surface area contributed by atoms with Gasteiger partial charge in [0.15, 0.2) is 0 Å². The van der Waals surface area contributed by atoms with Gasteiger partial charge in [-0.15, -0.1) is 0 Å². The molecule has 2 aromatic carbocycles. The summed E-state index contributed by atoms with van der Waals surface area (Å²) in [6, 6.07) is 21.4. The number of hydrogen-bond acceptors (Lipinski definition) is 3. The summed E-state index contributed by atoms with van der Waals surface area (Å²) in [7, 11) is -2.71. The Morgan fingerprint density at radius 2 is 1.42 bits per heavy atom. The van der Waals surface area contributed by atoms with Gasteiger partial charge in [0.25, 0.3) is 8.32 Å². The summed E-state index contributed by atoms with van der Waals surface area (Å²) in [5.41, 5.74) is -0.230. The Balaban J connectivity index is 1.72. The molecular formula is C28H39NO3Si. The largest absolute Gasteiger partial charge is 0.404 e. The third kappa shape index (κ3) is 4.31. The zero-order valence-corrected chi connectivity index (χ0v) is 22.2. The van der Waals surface area contributed by atoms with Crippen LogP contribution in [0.4, 0.5) is 0 Å². The van der Waals surface area contributed by atoms with Gasteiger partial charge in [-0.05, 0) is 49.5 Å². The highest BCUT2D eigenvalue weighted by atomic mass is 28.4. The molecule has 2 aliphatic heterocycles. The van der Waals surface area contributed by atoms with Crippen LogP contribution in [0.15, 0.2) is 60.7 Å². The lowest BCUT2D eigenvalue weighted by molar-refractivity contribution is -0.171. The molecule has 2 aliphatic rings. The first-order chi connectivity index (χ1) is 15.5. The number of rotatable bonds is 6. The van der Waals surface area contributed by atoms with Crippen molar-refractivity contribution in [3.8, 4) is 0 Å². The van der Waals surface area contributed by atoms with E-state index in [-0.39, 0.29) is 40.7 Å². The van der Waals surface area contributed by atoms with Crippen molar-refractivity contribution in [1.29, 1.82) is 0 Å². The van der Waals surface area contributed by atoms with E-state index in [0.29, 0.717) is 0 Å². The topological polar surface area (TPSA) is 38.8 Å². The third-order valence-electron chi connectivity index (χ3n) is 7.12. The maximum atomic E-state index is 13.2. The molecule has 33 heavy (non-hydrogen) atoms. The Labute approximate surface area is 200 Å². The number of carbonyl (C=O) groups is 1. The second-order valence-electron chi connectivity index (χ2n) is 11.6.